The van der Waals surface area contributed by atoms with E-state index in [0.717, 1.165) is 31.9 Å². The Bertz CT molecular complexity index is 447. The van der Waals surface area contributed by atoms with Gasteiger partial charge < -0.3 is 4.74 Å². The summed E-state index contributed by atoms with van der Waals surface area (Å²) in [6.07, 6.45) is -0.169. The highest BCUT2D eigenvalue weighted by Crippen LogP contribution is 2.27. The third kappa shape index (κ3) is 3.34. The molecule has 1 aliphatic rings. The first-order valence-electron chi connectivity index (χ1n) is 6.81. The van der Waals surface area contributed by atoms with Crippen molar-refractivity contribution in [3.05, 3.63) is 46.8 Å². The van der Waals surface area contributed by atoms with Crippen molar-refractivity contribution in [3.63, 3.8) is 0 Å². The van der Waals surface area contributed by atoms with Crippen molar-refractivity contribution in [2.24, 2.45) is 0 Å². The Labute approximate surface area is 116 Å². The van der Waals surface area contributed by atoms with Crippen molar-refractivity contribution in [1.29, 1.82) is 0 Å². The zero-order valence-electron chi connectivity index (χ0n) is 12.0. The van der Waals surface area contributed by atoms with E-state index >= 15 is 0 Å². The summed E-state index contributed by atoms with van der Waals surface area (Å²) in [6, 6.07) is 8.49. The molecule has 2 rings (SSSR count). The molecule has 0 aliphatic carbocycles. The second kappa shape index (κ2) is 5.73. The largest absolute Gasteiger partial charge is 0.379 e. The van der Waals surface area contributed by atoms with Crippen LogP contribution in [0.25, 0.3) is 4.85 Å². The van der Waals surface area contributed by atoms with E-state index in [1.807, 2.05) is 0 Å². The van der Waals surface area contributed by atoms with Gasteiger partial charge in [-0.1, -0.05) is 32.9 Å². The molecular formula is C16H22N2O. The van der Waals surface area contributed by atoms with Crippen LogP contribution in [0.15, 0.2) is 24.3 Å². The van der Waals surface area contributed by atoms with E-state index in [4.69, 9.17) is 11.3 Å². The fraction of sp³-hybridized carbons (Fsp3) is 0.562. The highest BCUT2D eigenvalue weighted by molar-refractivity contribution is 5.30. The molecule has 0 N–H and O–H groups in total. The molecule has 0 saturated carbocycles. The number of hydrogen-bond donors (Lipinski definition) is 0. The van der Waals surface area contributed by atoms with Crippen LogP contribution in [-0.4, -0.2) is 31.2 Å². The smallest absolute Gasteiger partial charge is 0.305 e. The van der Waals surface area contributed by atoms with Gasteiger partial charge in [-0.2, -0.15) is 0 Å². The Hall–Kier alpha value is -1.37. The lowest BCUT2D eigenvalue weighted by atomic mass is 9.86. The van der Waals surface area contributed by atoms with Crippen molar-refractivity contribution >= 4 is 0 Å². The molecule has 0 bridgehead atoms. The molecule has 1 aliphatic heterocycles. The molecule has 3 heteroatoms. The van der Waals surface area contributed by atoms with Crippen LogP contribution in [0.3, 0.4) is 0 Å². The minimum absolute atomic E-state index is 0.158. The Kier molecular flexibility index (Phi) is 4.24. The van der Waals surface area contributed by atoms with Gasteiger partial charge in [0.15, 0.2) is 0 Å². The van der Waals surface area contributed by atoms with Gasteiger partial charge in [0.05, 0.1) is 18.8 Å². The van der Waals surface area contributed by atoms with Crippen LogP contribution >= 0.6 is 0 Å². The van der Waals surface area contributed by atoms with Gasteiger partial charge in [0.25, 0.3) is 0 Å². The quantitative estimate of drug-likeness (QED) is 0.757. The number of hydrogen-bond acceptors (Lipinski definition) is 2. The van der Waals surface area contributed by atoms with Crippen LogP contribution in [0.4, 0.5) is 0 Å². The summed E-state index contributed by atoms with van der Waals surface area (Å²) < 4.78 is 5.35. The van der Waals surface area contributed by atoms with Crippen molar-refractivity contribution < 1.29 is 4.74 Å². The van der Waals surface area contributed by atoms with Gasteiger partial charge in [-0.25, -0.2) is 11.5 Å². The van der Waals surface area contributed by atoms with Gasteiger partial charge in [0.1, 0.15) is 0 Å². The predicted molar refractivity (Wildman–Crippen MR) is 76.9 cm³/mol. The first-order valence-corrected chi connectivity index (χ1v) is 6.81. The summed E-state index contributed by atoms with van der Waals surface area (Å²) in [5.41, 5.74) is 2.55. The van der Waals surface area contributed by atoms with Gasteiger partial charge in [-0.3, -0.25) is 4.85 Å². The minimum atomic E-state index is -0.169. The SMILES string of the molecule is [C-]#[N+]C(c1ccc(C(C)(C)C)cc1)N1CCOCC1. The van der Waals surface area contributed by atoms with Crippen molar-refractivity contribution in [3.8, 4) is 0 Å². The Morgan fingerprint density at radius 3 is 2.21 bits per heavy atom. The van der Waals surface area contributed by atoms with E-state index in [9.17, 15) is 0 Å². The maximum absolute atomic E-state index is 7.45. The standard InChI is InChI=1S/C16H22N2O/c1-16(2,3)14-7-5-13(6-8-14)15(17-4)18-9-11-19-12-10-18/h5-8,15H,9-12H2,1-3H3. The Morgan fingerprint density at radius 1 is 1.16 bits per heavy atom. The molecule has 0 amide bonds. The molecule has 1 fully saturated rings. The average Bonchev–Trinajstić information content (AvgIpc) is 2.40. The van der Waals surface area contributed by atoms with Crippen LogP contribution in [0.2, 0.25) is 0 Å². The first-order chi connectivity index (χ1) is 9.02. The van der Waals surface area contributed by atoms with Gasteiger partial charge in [-0.05, 0) is 23.1 Å². The number of ether oxygens (including phenoxy) is 1. The molecule has 102 valence electrons. The lowest BCUT2D eigenvalue weighted by Crippen LogP contribution is -2.38. The zero-order chi connectivity index (χ0) is 13.9. The normalized spacial score (nSPS) is 18.8. The average molecular weight is 258 g/mol. The second-order valence-electron chi connectivity index (χ2n) is 6.02. The lowest BCUT2D eigenvalue weighted by molar-refractivity contribution is 0.0248. The molecule has 19 heavy (non-hydrogen) atoms. The second-order valence-corrected chi connectivity index (χ2v) is 6.02. The van der Waals surface area contributed by atoms with E-state index < -0.39 is 0 Å². The van der Waals surface area contributed by atoms with Crippen molar-refractivity contribution in [2.45, 2.75) is 32.4 Å². The zero-order valence-corrected chi connectivity index (χ0v) is 12.0. The molecule has 0 aromatic heterocycles. The molecule has 3 nitrogen and oxygen atoms in total. The minimum Gasteiger partial charge on any atom is -0.379 e. The lowest BCUT2D eigenvalue weighted by Gasteiger charge is -2.27. The van der Waals surface area contributed by atoms with E-state index in [1.54, 1.807) is 0 Å². The molecule has 1 aromatic rings. The van der Waals surface area contributed by atoms with Crippen molar-refractivity contribution in [2.75, 3.05) is 26.3 Å². The third-order valence-electron chi connectivity index (χ3n) is 3.59. The fourth-order valence-corrected chi connectivity index (χ4v) is 2.34. The maximum atomic E-state index is 7.45. The van der Waals surface area contributed by atoms with Crippen LogP contribution in [0, 0.1) is 6.57 Å². The van der Waals surface area contributed by atoms with E-state index in [0.29, 0.717) is 0 Å². The van der Waals surface area contributed by atoms with Crippen LogP contribution < -0.4 is 0 Å². The topological polar surface area (TPSA) is 16.8 Å². The summed E-state index contributed by atoms with van der Waals surface area (Å²) in [4.78, 5) is 5.99. The molecule has 1 saturated heterocycles. The molecular weight excluding hydrogens is 236 g/mol. The van der Waals surface area contributed by atoms with Crippen molar-refractivity contribution in [1.82, 2.24) is 4.90 Å². The molecule has 0 spiro atoms. The first kappa shape index (κ1) is 14.0. The number of rotatable bonds is 2. The van der Waals surface area contributed by atoms with Gasteiger partial charge in [0.2, 0.25) is 0 Å². The molecule has 0 radical (unpaired) electrons. The Balaban J connectivity index is 2.17. The highest BCUT2D eigenvalue weighted by atomic mass is 16.5. The molecule has 1 unspecified atom stereocenters. The van der Waals surface area contributed by atoms with Gasteiger partial charge in [-0.15, -0.1) is 0 Å². The molecule has 1 atom stereocenters. The van der Waals surface area contributed by atoms with E-state index in [-0.39, 0.29) is 11.6 Å². The van der Waals surface area contributed by atoms with E-state index in [2.05, 4.69) is 54.8 Å². The summed E-state index contributed by atoms with van der Waals surface area (Å²) in [7, 11) is 0. The van der Waals surface area contributed by atoms with Gasteiger partial charge in [0, 0.05) is 13.1 Å². The van der Waals surface area contributed by atoms with Crippen LogP contribution in [0.5, 0.6) is 0 Å². The van der Waals surface area contributed by atoms with Crippen LogP contribution in [0.1, 0.15) is 38.1 Å². The highest BCUT2D eigenvalue weighted by Gasteiger charge is 2.27. The number of benzene rings is 1. The summed E-state index contributed by atoms with van der Waals surface area (Å²) in [5.74, 6) is 0. The predicted octanol–water partition coefficient (Wildman–Crippen LogP) is 3.23. The molecule has 1 heterocycles. The van der Waals surface area contributed by atoms with Crippen LogP contribution in [-0.2, 0) is 10.2 Å². The summed E-state index contributed by atoms with van der Waals surface area (Å²) >= 11 is 0. The maximum Gasteiger partial charge on any atom is 0.305 e. The Morgan fingerprint density at radius 2 is 1.74 bits per heavy atom. The summed E-state index contributed by atoms with van der Waals surface area (Å²) in [5, 5.41) is 0. The fourth-order valence-electron chi connectivity index (χ4n) is 2.34. The number of nitrogens with zero attached hydrogens (tertiary/aromatic N) is 2. The number of morpholine rings is 1. The third-order valence-corrected chi connectivity index (χ3v) is 3.59. The van der Waals surface area contributed by atoms with Gasteiger partial charge >= 0.3 is 6.17 Å². The van der Waals surface area contributed by atoms with E-state index in [1.165, 1.54) is 5.56 Å². The summed E-state index contributed by atoms with van der Waals surface area (Å²) in [6.45, 7) is 17.2. The molecule has 1 aromatic carbocycles. The monoisotopic (exact) mass is 258 g/mol.